The van der Waals surface area contributed by atoms with Crippen LogP contribution in [0.3, 0.4) is 0 Å². The fourth-order valence-electron chi connectivity index (χ4n) is 5.58. The lowest BCUT2D eigenvalue weighted by Crippen LogP contribution is -2.49. The van der Waals surface area contributed by atoms with E-state index < -0.39 is 5.60 Å². The Kier molecular flexibility index (Phi) is 5.58. The molecule has 0 radical (unpaired) electrons. The summed E-state index contributed by atoms with van der Waals surface area (Å²) in [5.41, 5.74) is 5.72. The lowest BCUT2D eigenvalue weighted by Gasteiger charge is -2.39. The van der Waals surface area contributed by atoms with E-state index in [0.717, 1.165) is 37.1 Å². The maximum absolute atomic E-state index is 12.8. The highest BCUT2D eigenvalue weighted by Gasteiger charge is 2.45. The van der Waals surface area contributed by atoms with Gasteiger partial charge in [-0.3, -0.25) is 0 Å². The molecule has 2 aromatic carbocycles. The van der Waals surface area contributed by atoms with Gasteiger partial charge in [0, 0.05) is 42.8 Å². The number of rotatable bonds is 1. The summed E-state index contributed by atoms with van der Waals surface area (Å²) in [6.45, 7) is 8.28. The third-order valence-corrected chi connectivity index (χ3v) is 7.71. The van der Waals surface area contributed by atoms with Crippen molar-refractivity contribution in [2.24, 2.45) is 0 Å². The van der Waals surface area contributed by atoms with Crippen molar-refractivity contribution in [3.63, 3.8) is 0 Å². The highest BCUT2D eigenvalue weighted by atomic mass is 35.5. The Morgan fingerprint density at radius 2 is 1.94 bits per heavy atom. The number of benzene rings is 2. The summed E-state index contributed by atoms with van der Waals surface area (Å²) in [6, 6.07) is 10.8. The summed E-state index contributed by atoms with van der Waals surface area (Å²) in [4.78, 5) is 17.3. The van der Waals surface area contributed by atoms with Crippen LogP contribution in [-0.4, -0.2) is 42.3 Å². The molecule has 5 rings (SSSR count). The number of amides is 1. The van der Waals surface area contributed by atoms with Gasteiger partial charge >= 0.3 is 6.09 Å². The van der Waals surface area contributed by atoms with Crippen molar-refractivity contribution in [2.75, 3.05) is 24.5 Å². The molecule has 2 aromatic rings. The monoisotopic (exact) mass is 472 g/mol. The van der Waals surface area contributed by atoms with Crippen LogP contribution < -0.4 is 4.90 Å². The smallest absolute Gasteiger partial charge is 0.410 e. The van der Waals surface area contributed by atoms with Crippen molar-refractivity contribution in [1.82, 2.24) is 4.90 Å². The number of anilines is 1. The second-order valence-corrected chi connectivity index (χ2v) is 11.0. The lowest BCUT2D eigenvalue weighted by atomic mass is 9.86. The number of piperidine rings is 1. The third kappa shape index (κ3) is 3.86. The van der Waals surface area contributed by atoms with E-state index in [1.54, 1.807) is 0 Å². The number of hydrogen-bond acceptors (Lipinski definition) is 3. The minimum Gasteiger partial charge on any atom is -0.444 e. The Labute approximate surface area is 200 Å². The topological polar surface area (TPSA) is 32.8 Å². The Morgan fingerprint density at radius 1 is 1.12 bits per heavy atom. The molecule has 3 aliphatic rings. The summed E-state index contributed by atoms with van der Waals surface area (Å²) in [6.07, 6.45) is 4.21. The van der Waals surface area contributed by atoms with Gasteiger partial charge in [0.2, 0.25) is 0 Å². The van der Waals surface area contributed by atoms with E-state index in [1.165, 1.54) is 29.7 Å². The molecule has 3 aliphatic heterocycles. The van der Waals surface area contributed by atoms with Gasteiger partial charge in [0.15, 0.2) is 0 Å². The SMILES string of the molecule is CC(C)(C)OC(=O)N1CC[C@H]2[C@@H](C1)c1cc(-c3cccc(Cl)c3Cl)cc3c1N2CCCC3. The van der Waals surface area contributed by atoms with Gasteiger partial charge in [0.05, 0.1) is 10.0 Å². The molecule has 0 aromatic heterocycles. The van der Waals surface area contributed by atoms with Crippen LogP contribution in [0.2, 0.25) is 10.0 Å². The van der Waals surface area contributed by atoms with Crippen LogP contribution in [0.1, 0.15) is 57.1 Å². The molecule has 0 unspecified atom stereocenters. The molecule has 1 amide bonds. The van der Waals surface area contributed by atoms with Gasteiger partial charge in [0.25, 0.3) is 0 Å². The number of likely N-dealkylation sites (tertiary alicyclic amines) is 1. The van der Waals surface area contributed by atoms with Gasteiger partial charge in [-0.05, 0) is 81.3 Å². The van der Waals surface area contributed by atoms with Crippen LogP contribution in [0.15, 0.2) is 30.3 Å². The van der Waals surface area contributed by atoms with E-state index in [-0.39, 0.29) is 12.0 Å². The van der Waals surface area contributed by atoms with Crippen molar-refractivity contribution in [3.05, 3.63) is 51.5 Å². The van der Waals surface area contributed by atoms with Crippen LogP contribution >= 0.6 is 23.2 Å². The van der Waals surface area contributed by atoms with Crippen LogP contribution in [-0.2, 0) is 11.2 Å². The highest BCUT2D eigenvalue weighted by Crippen LogP contribution is 2.50. The van der Waals surface area contributed by atoms with Gasteiger partial charge in [-0.15, -0.1) is 0 Å². The predicted molar refractivity (Wildman–Crippen MR) is 131 cm³/mol. The molecule has 6 heteroatoms. The fourth-order valence-corrected chi connectivity index (χ4v) is 5.99. The molecule has 170 valence electrons. The summed E-state index contributed by atoms with van der Waals surface area (Å²) >= 11 is 12.9. The molecule has 0 spiro atoms. The standard InChI is InChI=1S/C26H30Cl2N2O2/c1-26(2,3)32-25(31)29-12-10-22-20(15-29)19-14-17(18-8-6-9-21(27)23(18)28)13-16-7-4-5-11-30(22)24(16)19/h6,8-9,13-14,20,22H,4-5,7,10-12,15H2,1-3H3/t20-,22-/m0/s1. The first kappa shape index (κ1) is 21.9. The van der Waals surface area contributed by atoms with E-state index in [1.807, 2.05) is 43.9 Å². The number of carbonyl (C=O) groups excluding carboxylic acids is 1. The zero-order valence-electron chi connectivity index (χ0n) is 19.0. The van der Waals surface area contributed by atoms with E-state index in [9.17, 15) is 4.79 Å². The zero-order chi connectivity index (χ0) is 22.6. The molecule has 0 bridgehead atoms. The first-order valence-corrected chi connectivity index (χ1v) is 12.3. The van der Waals surface area contributed by atoms with Crippen LogP contribution in [0.25, 0.3) is 11.1 Å². The van der Waals surface area contributed by atoms with Gasteiger partial charge < -0.3 is 14.5 Å². The molecule has 1 saturated heterocycles. The minimum absolute atomic E-state index is 0.211. The number of hydrogen-bond donors (Lipinski definition) is 0. The first-order chi connectivity index (χ1) is 15.2. The van der Waals surface area contributed by atoms with Gasteiger partial charge in [-0.2, -0.15) is 0 Å². The average molecular weight is 473 g/mol. The van der Waals surface area contributed by atoms with Crippen molar-refractivity contribution in [2.45, 2.75) is 64.0 Å². The van der Waals surface area contributed by atoms with E-state index in [2.05, 4.69) is 17.0 Å². The molecule has 4 nitrogen and oxygen atoms in total. The number of halogens is 2. The molecule has 0 saturated carbocycles. The van der Waals surface area contributed by atoms with Crippen LogP contribution in [0.5, 0.6) is 0 Å². The normalized spacial score (nSPS) is 22.3. The second-order valence-electron chi connectivity index (χ2n) is 10.2. The van der Waals surface area contributed by atoms with E-state index in [4.69, 9.17) is 27.9 Å². The predicted octanol–water partition coefficient (Wildman–Crippen LogP) is 6.91. The zero-order valence-corrected chi connectivity index (χ0v) is 20.5. The fraction of sp³-hybridized carbons (Fsp3) is 0.500. The number of ether oxygens (including phenoxy) is 1. The van der Waals surface area contributed by atoms with Crippen LogP contribution in [0, 0.1) is 0 Å². The molecule has 1 fully saturated rings. The molecule has 2 atom stereocenters. The molecule has 0 aliphatic carbocycles. The Hall–Kier alpha value is -1.91. The number of carbonyl (C=O) groups is 1. The largest absolute Gasteiger partial charge is 0.444 e. The number of nitrogens with zero attached hydrogens (tertiary/aromatic N) is 2. The van der Waals surface area contributed by atoms with E-state index >= 15 is 0 Å². The van der Waals surface area contributed by atoms with Gasteiger partial charge in [-0.1, -0.05) is 35.3 Å². The van der Waals surface area contributed by atoms with Gasteiger partial charge in [0.1, 0.15) is 5.60 Å². The second kappa shape index (κ2) is 8.14. The molecule has 3 heterocycles. The third-order valence-electron chi connectivity index (χ3n) is 6.89. The van der Waals surface area contributed by atoms with Gasteiger partial charge in [-0.25, -0.2) is 4.79 Å². The maximum atomic E-state index is 12.8. The summed E-state index contributed by atoms with van der Waals surface area (Å²) in [7, 11) is 0. The van der Waals surface area contributed by atoms with Crippen molar-refractivity contribution in [3.8, 4) is 11.1 Å². The summed E-state index contributed by atoms with van der Waals surface area (Å²) in [5, 5.41) is 1.17. The number of aryl methyl sites for hydroxylation is 1. The minimum atomic E-state index is -0.488. The average Bonchev–Trinajstić information content (AvgIpc) is 2.89. The summed E-state index contributed by atoms with van der Waals surface area (Å²) < 4.78 is 5.69. The number of fused-ring (bicyclic) bond motifs is 3. The first-order valence-electron chi connectivity index (χ1n) is 11.6. The molecule has 0 N–H and O–H groups in total. The Morgan fingerprint density at radius 3 is 2.72 bits per heavy atom. The molecular formula is C26H30Cl2N2O2. The maximum Gasteiger partial charge on any atom is 0.410 e. The quantitative estimate of drug-likeness (QED) is 0.451. The Bertz CT molecular complexity index is 1060. The summed E-state index contributed by atoms with van der Waals surface area (Å²) in [5.74, 6) is 0.279. The van der Waals surface area contributed by atoms with Crippen molar-refractivity contribution >= 4 is 35.0 Å². The molecular weight excluding hydrogens is 443 g/mol. The highest BCUT2D eigenvalue weighted by molar-refractivity contribution is 6.43. The van der Waals surface area contributed by atoms with Crippen molar-refractivity contribution < 1.29 is 9.53 Å². The van der Waals surface area contributed by atoms with E-state index in [0.29, 0.717) is 22.6 Å². The molecule has 32 heavy (non-hydrogen) atoms. The van der Waals surface area contributed by atoms with Crippen molar-refractivity contribution in [1.29, 1.82) is 0 Å². The lowest BCUT2D eigenvalue weighted by molar-refractivity contribution is 0.0189. The Balaban J connectivity index is 1.56. The van der Waals surface area contributed by atoms with Crippen LogP contribution in [0.4, 0.5) is 10.5 Å².